The summed E-state index contributed by atoms with van der Waals surface area (Å²) < 4.78 is 42.0. The van der Waals surface area contributed by atoms with Crippen LogP contribution in [0.25, 0.3) is 5.69 Å². The minimum atomic E-state index is -0.889. The molecule has 3 aromatic rings. The normalized spacial score (nSPS) is 14.9. The molecular weight excluding hydrogens is 343 g/mol. The van der Waals surface area contributed by atoms with Crippen LogP contribution in [0.4, 0.5) is 19.0 Å². The third-order valence-electron chi connectivity index (χ3n) is 4.52. The summed E-state index contributed by atoms with van der Waals surface area (Å²) in [4.78, 5) is 12.7. The van der Waals surface area contributed by atoms with E-state index in [1.165, 1.54) is 23.0 Å². The SMILES string of the molecule is O=C(Nc1ccn(-c2cc(F)cc(F)c2)n1)C1(c2ccccc2F)CC1. The van der Waals surface area contributed by atoms with Crippen LogP contribution in [0.1, 0.15) is 18.4 Å². The zero-order chi connectivity index (χ0) is 18.3. The number of benzene rings is 2. The number of amides is 1. The number of anilines is 1. The minimum Gasteiger partial charge on any atom is -0.308 e. The van der Waals surface area contributed by atoms with Gasteiger partial charge >= 0.3 is 0 Å². The number of rotatable bonds is 4. The number of halogens is 3. The van der Waals surface area contributed by atoms with E-state index in [-0.39, 0.29) is 17.4 Å². The largest absolute Gasteiger partial charge is 0.308 e. The Hall–Kier alpha value is -3.09. The van der Waals surface area contributed by atoms with E-state index >= 15 is 0 Å². The summed E-state index contributed by atoms with van der Waals surface area (Å²) in [5, 5.41) is 6.78. The van der Waals surface area contributed by atoms with E-state index in [9.17, 15) is 18.0 Å². The number of hydrogen-bond donors (Lipinski definition) is 1. The van der Waals surface area contributed by atoms with Gasteiger partial charge in [-0.15, -0.1) is 0 Å². The van der Waals surface area contributed by atoms with Crippen LogP contribution >= 0.6 is 0 Å². The van der Waals surface area contributed by atoms with Crippen molar-refractivity contribution in [3.05, 3.63) is 77.7 Å². The summed E-state index contributed by atoms with van der Waals surface area (Å²) in [5.74, 6) is -1.99. The molecule has 7 heteroatoms. The maximum atomic E-state index is 14.1. The predicted molar refractivity (Wildman–Crippen MR) is 89.4 cm³/mol. The molecule has 4 nitrogen and oxygen atoms in total. The fraction of sp³-hybridized carbons (Fsp3) is 0.158. The second-order valence-corrected chi connectivity index (χ2v) is 6.29. The highest BCUT2D eigenvalue weighted by molar-refractivity contribution is 6.00. The molecule has 1 fully saturated rings. The van der Waals surface area contributed by atoms with E-state index in [0.29, 0.717) is 18.4 Å². The highest BCUT2D eigenvalue weighted by Gasteiger charge is 2.52. The first-order chi connectivity index (χ1) is 12.5. The van der Waals surface area contributed by atoms with E-state index in [1.807, 2.05) is 0 Å². The van der Waals surface area contributed by atoms with Gasteiger partial charge < -0.3 is 5.32 Å². The Balaban J connectivity index is 1.56. The summed E-state index contributed by atoms with van der Waals surface area (Å²) in [5.41, 5.74) is -0.331. The number of nitrogens with one attached hydrogen (secondary N) is 1. The Morgan fingerprint density at radius 3 is 2.38 bits per heavy atom. The van der Waals surface area contributed by atoms with Crippen molar-refractivity contribution in [2.75, 3.05) is 5.32 Å². The maximum Gasteiger partial charge on any atom is 0.236 e. The van der Waals surface area contributed by atoms with E-state index in [0.717, 1.165) is 18.2 Å². The van der Waals surface area contributed by atoms with Crippen LogP contribution in [0.2, 0.25) is 0 Å². The van der Waals surface area contributed by atoms with Crippen LogP contribution in [-0.4, -0.2) is 15.7 Å². The topological polar surface area (TPSA) is 46.9 Å². The molecule has 0 spiro atoms. The molecule has 2 aromatic carbocycles. The van der Waals surface area contributed by atoms with E-state index in [1.54, 1.807) is 18.2 Å². The molecule has 0 saturated heterocycles. The van der Waals surface area contributed by atoms with Gasteiger partial charge in [0.15, 0.2) is 5.82 Å². The predicted octanol–water partition coefficient (Wildman–Crippen LogP) is 3.96. The standard InChI is InChI=1S/C19H14F3N3O/c20-12-9-13(21)11-14(10-12)25-8-5-17(24-25)23-18(26)19(6-7-19)15-3-1-2-4-16(15)22/h1-5,8-11H,6-7H2,(H,23,24,26). The van der Waals surface area contributed by atoms with Crippen molar-refractivity contribution >= 4 is 11.7 Å². The first kappa shape index (κ1) is 16.4. The van der Waals surface area contributed by atoms with Crippen molar-refractivity contribution in [3.8, 4) is 5.69 Å². The molecule has 0 bridgehead atoms. The van der Waals surface area contributed by atoms with Gasteiger partial charge in [-0.3, -0.25) is 4.79 Å². The smallest absolute Gasteiger partial charge is 0.236 e. The molecule has 1 aliphatic carbocycles. The summed E-state index contributed by atoms with van der Waals surface area (Å²) in [6.07, 6.45) is 2.58. The number of carbonyl (C=O) groups excluding carboxylic acids is 1. The number of nitrogens with zero attached hydrogens (tertiary/aromatic N) is 2. The van der Waals surface area contributed by atoms with Crippen LogP contribution in [-0.2, 0) is 10.2 Å². The molecule has 0 unspecified atom stereocenters. The lowest BCUT2D eigenvalue weighted by molar-refractivity contribution is -0.118. The molecule has 0 atom stereocenters. The Bertz CT molecular complexity index is 975. The van der Waals surface area contributed by atoms with Crippen LogP contribution in [0.15, 0.2) is 54.7 Å². The van der Waals surface area contributed by atoms with Gasteiger partial charge in [0.1, 0.15) is 17.5 Å². The van der Waals surface area contributed by atoms with Crippen LogP contribution in [0.3, 0.4) is 0 Å². The average molecular weight is 357 g/mol. The van der Waals surface area contributed by atoms with Crippen molar-refractivity contribution in [1.82, 2.24) is 9.78 Å². The second-order valence-electron chi connectivity index (χ2n) is 6.29. The number of carbonyl (C=O) groups is 1. The Kier molecular flexibility index (Phi) is 3.79. The molecule has 1 N–H and O–H groups in total. The zero-order valence-corrected chi connectivity index (χ0v) is 13.5. The van der Waals surface area contributed by atoms with Crippen molar-refractivity contribution < 1.29 is 18.0 Å². The van der Waals surface area contributed by atoms with Crippen molar-refractivity contribution in [2.45, 2.75) is 18.3 Å². The van der Waals surface area contributed by atoms with Crippen molar-refractivity contribution in [2.24, 2.45) is 0 Å². The molecule has 1 aliphatic rings. The summed E-state index contributed by atoms with van der Waals surface area (Å²) in [6.45, 7) is 0. The molecule has 1 amide bonds. The molecule has 26 heavy (non-hydrogen) atoms. The quantitative estimate of drug-likeness (QED) is 0.768. The lowest BCUT2D eigenvalue weighted by atomic mass is 9.94. The highest BCUT2D eigenvalue weighted by Crippen LogP contribution is 2.49. The van der Waals surface area contributed by atoms with Gasteiger partial charge in [0.05, 0.1) is 11.1 Å². The van der Waals surface area contributed by atoms with Crippen LogP contribution in [0, 0.1) is 17.5 Å². The van der Waals surface area contributed by atoms with E-state index < -0.39 is 22.9 Å². The molecule has 0 radical (unpaired) electrons. The first-order valence-electron chi connectivity index (χ1n) is 8.06. The number of hydrogen-bond acceptors (Lipinski definition) is 2. The first-order valence-corrected chi connectivity index (χ1v) is 8.06. The van der Waals surface area contributed by atoms with Crippen LogP contribution < -0.4 is 5.32 Å². The lowest BCUT2D eigenvalue weighted by Crippen LogP contribution is -2.29. The van der Waals surface area contributed by atoms with Crippen molar-refractivity contribution in [3.63, 3.8) is 0 Å². The fourth-order valence-electron chi connectivity index (χ4n) is 3.03. The molecule has 1 saturated carbocycles. The monoisotopic (exact) mass is 357 g/mol. The molecule has 0 aliphatic heterocycles. The van der Waals surface area contributed by atoms with E-state index in [4.69, 9.17) is 0 Å². The van der Waals surface area contributed by atoms with Crippen LogP contribution in [0.5, 0.6) is 0 Å². The van der Waals surface area contributed by atoms with Gasteiger partial charge in [0.2, 0.25) is 5.91 Å². The molecule has 4 rings (SSSR count). The van der Waals surface area contributed by atoms with Gasteiger partial charge in [-0.25, -0.2) is 17.9 Å². The zero-order valence-electron chi connectivity index (χ0n) is 13.5. The number of aromatic nitrogens is 2. The average Bonchev–Trinajstić information content (AvgIpc) is 3.27. The Morgan fingerprint density at radius 1 is 1.04 bits per heavy atom. The van der Waals surface area contributed by atoms with Gasteiger partial charge in [0.25, 0.3) is 0 Å². The van der Waals surface area contributed by atoms with Crippen molar-refractivity contribution in [1.29, 1.82) is 0 Å². The molecule has 1 aromatic heterocycles. The third kappa shape index (κ3) is 2.85. The Morgan fingerprint density at radius 2 is 1.73 bits per heavy atom. The summed E-state index contributed by atoms with van der Waals surface area (Å²) >= 11 is 0. The lowest BCUT2D eigenvalue weighted by Gasteiger charge is -2.15. The maximum absolute atomic E-state index is 14.1. The highest BCUT2D eigenvalue weighted by atomic mass is 19.1. The van der Waals surface area contributed by atoms with Gasteiger partial charge in [-0.05, 0) is 31.0 Å². The fourth-order valence-corrected chi connectivity index (χ4v) is 3.03. The second kappa shape index (κ2) is 6.01. The molecule has 132 valence electrons. The molecule has 1 heterocycles. The summed E-state index contributed by atoms with van der Waals surface area (Å²) in [7, 11) is 0. The molecular formula is C19H14F3N3O. The Labute approximate surface area is 147 Å². The van der Waals surface area contributed by atoms with E-state index in [2.05, 4.69) is 10.4 Å². The summed E-state index contributed by atoms with van der Waals surface area (Å²) in [6, 6.07) is 10.7. The minimum absolute atomic E-state index is 0.193. The van der Waals surface area contributed by atoms with Gasteiger partial charge in [-0.2, -0.15) is 5.10 Å². The third-order valence-corrected chi connectivity index (χ3v) is 4.52. The van der Waals surface area contributed by atoms with Gasteiger partial charge in [-0.1, -0.05) is 18.2 Å². The van der Waals surface area contributed by atoms with Gasteiger partial charge in [0, 0.05) is 23.9 Å².